The molecule has 3 aromatic rings. The van der Waals surface area contributed by atoms with Gasteiger partial charge in [-0.2, -0.15) is 0 Å². The number of carbonyl (C=O) groups is 1. The lowest BCUT2D eigenvalue weighted by molar-refractivity contribution is 0.102. The van der Waals surface area contributed by atoms with Crippen LogP contribution in [0.15, 0.2) is 65.4 Å². The first kappa shape index (κ1) is 16.5. The van der Waals surface area contributed by atoms with E-state index in [9.17, 15) is 4.79 Å². The highest BCUT2D eigenvalue weighted by atomic mass is 79.9. The fraction of sp³-hybridized carbons (Fsp3) is 0.105. The van der Waals surface area contributed by atoms with Gasteiger partial charge >= 0.3 is 0 Å². The molecule has 0 spiro atoms. The van der Waals surface area contributed by atoms with Crippen LogP contribution in [0.2, 0.25) is 0 Å². The molecule has 1 aromatic carbocycles. The minimum absolute atomic E-state index is 0.282. The van der Waals surface area contributed by atoms with Crippen LogP contribution in [0, 0.1) is 0 Å². The van der Waals surface area contributed by atoms with Crippen LogP contribution in [0.1, 0.15) is 10.4 Å². The fourth-order valence-corrected chi connectivity index (χ4v) is 3.20. The highest BCUT2D eigenvalue weighted by molar-refractivity contribution is 9.10. The number of benzene rings is 1. The van der Waals surface area contributed by atoms with E-state index in [2.05, 4.69) is 31.2 Å². The summed E-state index contributed by atoms with van der Waals surface area (Å²) in [6, 6.07) is 10.8. The number of amides is 1. The van der Waals surface area contributed by atoms with Gasteiger partial charge in [0.15, 0.2) is 5.82 Å². The molecule has 0 fully saturated rings. The molecule has 0 saturated carbocycles. The number of hydrogen-bond acceptors (Lipinski definition) is 4. The number of para-hydroxylation sites is 1. The second kappa shape index (κ2) is 7.13. The van der Waals surface area contributed by atoms with Crippen LogP contribution in [-0.2, 0) is 6.54 Å². The maximum atomic E-state index is 12.7. The number of anilines is 1. The Labute approximate surface area is 158 Å². The molecular formula is C19H15BrN4O2. The van der Waals surface area contributed by atoms with Crippen molar-refractivity contribution in [3.63, 3.8) is 0 Å². The average Bonchev–Trinajstić information content (AvgIpc) is 3.10. The van der Waals surface area contributed by atoms with Crippen molar-refractivity contribution >= 4 is 27.7 Å². The third kappa shape index (κ3) is 3.25. The van der Waals surface area contributed by atoms with Gasteiger partial charge < -0.3 is 14.6 Å². The van der Waals surface area contributed by atoms with Gasteiger partial charge in [-0.25, -0.2) is 9.97 Å². The van der Waals surface area contributed by atoms with E-state index in [0.717, 1.165) is 10.3 Å². The van der Waals surface area contributed by atoms with Crippen molar-refractivity contribution in [2.24, 2.45) is 0 Å². The van der Waals surface area contributed by atoms with Crippen molar-refractivity contribution in [3.05, 3.63) is 71.0 Å². The van der Waals surface area contributed by atoms with Crippen molar-refractivity contribution in [2.45, 2.75) is 6.54 Å². The van der Waals surface area contributed by atoms with Gasteiger partial charge in [-0.15, -0.1) is 0 Å². The van der Waals surface area contributed by atoms with E-state index in [1.54, 1.807) is 24.4 Å². The maximum absolute atomic E-state index is 12.7. The second-order valence-electron chi connectivity index (χ2n) is 5.66. The number of imidazole rings is 1. The zero-order valence-electron chi connectivity index (χ0n) is 13.7. The van der Waals surface area contributed by atoms with Gasteiger partial charge in [-0.1, -0.05) is 18.2 Å². The van der Waals surface area contributed by atoms with Crippen LogP contribution >= 0.6 is 15.9 Å². The Morgan fingerprint density at radius 1 is 1.15 bits per heavy atom. The van der Waals surface area contributed by atoms with Gasteiger partial charge in [0.2, 0.25) is 0 Å². The number of fused-ring (bicyclic) bond motifs is 5. The number of aromatic nitrogens is 3. The molecule has 26 heavy (non-hydrogen) atoms. The number of allylic oxidation sites excluding steroid dienone is 1. The van der Waals surface area contributed by atoms with Crippen molar-refractivity contribution in [2.75, 3.05) is 11.9 Å². The lowest BCUT2D eigenvalue weighted by atomic mass is 10.2. The molecule has 0 atom stereocenters. The Bertz CT molecular complexity index is 997. The standard InChI is InChI=1S/C19H15BrN4O2/c20-14-6-3-5-13-17(14)26-12-2-1-10-24-11-9-21-18(24)15-7-4-8-16(22-15)23-19(13)25/h1-9,11H,10,12H2,(H,22,23,25)/b2-1-. The first-order valence-corrected chi connectivity index (χ1v) is 8.88. The number of ether oxygens (including phenoxy) is 1. The molecule has 2 aromatic heterocycles. The number of hydrogen-bond donors (Lipinski definition) is 1. The average molecular weight is 411 g/mol. The Morgan fingerprint density at radius 2 is 2.04 bits per heavy atom. The van der Waals surface area contributed by atoms with Crippen molar-refractivity contribution in [1.29, 1.82) is 0 Å². The van der Waals surface area contributed by atoms with Crippen LogP contribution < -0.4 is 10.1 Å². The first-order valence-electron chi connectivity index (χ1n) is 8.08. The molecule has 2 bridgehead atoms. The number of halogens is 1. The summed E-state index contributed by atoms with van der Waals surface area (Å²) in [6.45, 7) is 1.01. The Balaban J connectivity index is 1.79. The van der Waals surface area contributed by atoms with Crippen LogP contribution in [0.4, 0.5) is 5.82 Å². The van der Waals surface area contributed by atoms with Gasteiger partial charge in [-0.3, -0.25) is 4.79 Å². The minimum Gasteiger partial charge on any atom is -0.488 e. The highest BCUT2D eigenvalue weighted by Gasteiger charge is 2.17. The summed E-state index contributed by atoms with van der Waals surface area (Å²) in [5.41, 5.74) is 1.14. The molecule has 1 aliphatic rings. The number of nitrogens with zero attached hydrogens (tertiary/aromatic N) is 3. The van der Waals surface area contributed by atoms with Crippen LogP contribution in [0.3, 0.4) is 0 Å². The predicted molar refractivity (Wildman–Crippen MR) is 102 cm³/mol. The molecule has 130 valence electrons. The van der Waals surface area contributed by atoms with Gasteiger partial charge in [0.05, 0.1) is 10.0 Å². The van der Waals surface area contributed by atoms with Gasteiger partial charge in [-0.05, 0) is 46.3 Å². The SMILES string of the molecule is O=C1Nc2cccc(n2)-c2nccn2C/C=C\COc2c(Br)cccc21. The summed E-state index contributed by atoms with van der Waals surface area (Å²) in [5, 5.41) is 2.84. The molecule has 1 amide bonds. The predicted octanol–water partition coefficient (Wildman–Crippen LogP) is 3.91. The summed E-state index contributed by atoms with van der Waals surface area (Å²) >= 11 is 3.45. The Hall–Kier alpha value is -2.93. The summed E-state index contributed by atoms with van der Waals surface area (Å²) in [6.07, 6.45) is 7.54. The molecule has 0 aliphatic carbocycles. The van der Waals surface area contributed by atoms with E-state index in [1.807, 2.05) is 41.1 Å². The normalized spacial score (nSPS) is 15.0. The lowest BCUT2D eigenvalue weighted by Gasteiger charge is -2.13. The van der Waals surface area contributed by atoms with Crippen molar-refractivity contribution in [3.8, 4) is 17.3 Å². The summed E-state index contributed by atoms with van der Waals surface area (Å²) < 4.78 is 8.53. The van der Waals surface area contributed by atoms with E-state index < -0.39 is 0 Å². The van der Waals surface area contributed by atoms with Crippen molar-refractivity contribution in [1.82, 2.24) is 14.5 Å². The molecule has 0 unspecified atom stereocenters. The third-order valence-corrected chi connectivity index (χ3v) is 4.56. The molecular weight excluding hydrogens is 396 g/mol. The van der Waals surface area contributed by atoms with E-state index in [0.29, 0.717) is 36.0 Å². The largest absolute Gasteiger partial charge is 0.488 e. The Kier molecular flexibility index (Phi) is 4.53. The van der Waals surface area contributed by atoms with Gasteiger partial charge in [0.25, 0.3) is 5.91 Å². The quantitative estimate of drug-likeness (QED) is 0.570. The van der Waals surface area contributed by atoms with Crippen LogP contribution in [0.5, 0.6) is 5.75 Å². The molecule has 1 aliphatic heterocycles. The van der Waals surface area contributed by atoms with Crippen LogP contribution in [0.25, 0.3) is 11.5 Å². The van der Waals surface area contributed by atoms with E-state index >= 15 is 0 Å². The second-order valence-corrected chi connectivity index (χ2v) is 6.52. The zero-order valence-corrected chi connectivity index (χ0v) is 15.3. The summed E-state index contributed by atoms with van der Waals surface area (Å²) in [4.78, 5) is 21.6. The van der Waals surface area contributed by atoms with E-state index in [-0.39, 0.29) is 5.91 Å². The molecule has 1 N–H and O–H groups in total. The number of carbonyl (C=O) groups excluding carboxylic acids is 1. The van der Waals surface area contributed by atoms with Gasteiger partial charge in [0.1, 0.15) is 23.9 Å². The highest BCUT2D eigenvalue weighted by Crippen LogP contribution is 2.30. The third-order valence-electron chi connectivity index (χ3n) is 3.94. The zero-order chi connectivity index (χ0) is 17.9. The fourth-order valence-electron chi connectivity index (χ4n) is 2.72. The van der Waals surface area contributed by atoms with Crippen molar-refractivity contribution < 1.29 is 9.53 Å². The number of rotatable bonds is 0. The van der Waals surface area contributed by atoms with E-state index in [1.165, 1.54) is 0 Å². The van der Waals surface area contributed by atoms with E-state index in [4.69, 9.17) is 4.74 Å². The number of nitrogens with one attached hydrogen (secondary N) is 1. The lowest BCUT2D eigenvalue weighted by Crippen LogP contribution is -2.15. The summed E-state index contributed by atoms with van der Waals surface area (Å²) in [5.74, 6) is 1.42. The first-order chi connectivity index (χ1) is 12.7. The van der Waals surface area contributed by atoms with Gasteiger partial charge in [0, 0.05) is 18.9 Å². The van der Waals surface area contributed by atoms with Crippen LogP contribution in [-0.4, -0.2) is 27.0 Å². The molecule has 3 heterocycles. The maximum Gasteiger partial charge on any atom is 0.260 e. The molecule has 7 heteroatoms. The molecule has 0 saturated heterocycles. The molecule has 6 nitrogen and oxygen atoms in total. The minimum atomic E-state index is -0.282. The monoisotopic (exact) mass is 410 g/mol. The number of pyridine rings is 1. The smallest absolute Gasteiger partial charge is 0.260 e. The Morgan fingerprint density at radius 3 is 2.96 bits per heavy atom. The topological polar surface area (TPSA) is 69.0 Å². The molecule has 4 rings (SSSR count). The summed E-state index contributed by atoms with van der Waals surface area (Å²) in [7, 11) is 0. The molecule has 0 radical (unpaired) electrons.